The minimum Gasteiger partial charge on any atom is -0.353 e. The summed E-state index contributed by atoms with van der Waals surface area (Å²) < 4.78 is 25.7. The quantitative estimate of drug-likeness (QED) is 0.503. The smallest absolute Gasteiger partial charge is 0.207 e. The number of sulfone groups is 1. The Hall–Kier alpha value is -3.05. The van der Waals surface area contributed by atoms with Crippen LogP contribution in [0.25, 0.3) is 16.8 Å². The first-order valence-electron chi connectivity index (χ1n) is 9.25. The molecule has 2 aliphatic rings. The standard InChI is InChI=1S/C23H20N2O2S/c1-16-24(2)21(15-25(16)18-8-4-3-5-9-18)17-12-13-23-20(14-17)19-10-6-7-11-22(19)28(23,26)27/h3-16H,1-2H3. The van der Waals surface area contributed by atoms with Crippen molar-refractivity contribution in [1.29, 1.82) is 0 Å². The van der Waals surface area contributed by atoms with E-state index in [4.69, 9.17) is 0 Å². The molecule has 0 aliphatic carbocycles. The molecule has 5 heteroatoms. The fourth-order valence-electron chi connectivity index (χ4n) is 4.06. The second kappa shape index (κ2) is 5.97. The van der Waals surface area contributed by atoms with Gasteiger partial charge in [-0.3, -0.25) is 0 Å². The van der Waals surface area contributed by atoms with Crippen LogP contribution in [0.5, 0.6) is 0 Å². The molecule has 3 aromatic rings. The van der Waals surface area contributed by atoms with Gasteiger partial charge in [0.15, 0.2) is 0 Å². The monoisotopic (exact) mass is 388 g/mol. The predicted molar refractivity (Wildman–Crippen MR) is 111 cm³/mol. The van der Waals surface area contributed by atoms with Gasteiger partial charge in [-0.2, -0.15) is 0 Å². The summed E-state index contributed by atoms with van der Waals surface area (Å²) in [6.07, 6.45) is 2.30. The molecule has 2 aliphatic heterocycles. The van der Waals surface area contributed by atoms with E-state index in [2.05, 4.69) is 42.1 Å². The molecule has 0 radical (unpaired) electrons. The maximum absolute atomic E-state index is 12.8. The van der Waals surface area contributed by atoms with Crippen molar-refractivity contribution in [2.45, 2.75) is 22.9 Å². The van der Waals surface area contributed by atoms with E-state index in [1.165, 1.54) is 0 Å². The summed E-state index contributed by atoms with van der Waals surface area (Å²) >= 11 is 0. The van der Waals surface area contributed by atoms with Crippen LogP contribution in [0.4, 0.5) is 5.69 Å². The highest BCUT2D eigenvalue weighted by Gasteiger charge is 2.34. The average Bonchev–Trinajstić information content (AvgIpc) is 3.14. The Morgan fingerprint density at radius 2 is 1.50 bits per heavy atom. The van der Waals surface area contributed by atoms with Gasteiger partial charge < -0.3 is 9.80 Å². The Bertz CT molecular complexity index is 1220. The van der Waals surface area contributed by atoms with E-state index in [0.717, 1.165) is 28.1 Å². The molecule has 1 unspecified atom stereocenters. The van der Waals surface area contributed by atoms with Gasteiger partial charge in [0.2, 0.25) is 9.84 Å². The number of rotatable bonds is 2. The lowest BCUT2D eigenvalue weighted by Gasteiger charge is -2.28. The zero-order chi connectivity index (χ0) is 19.5. The van der Waals surface area contributed by atoms with Crippen LogP contribution in [0.1, 0.15) is 12.5 Å². The molecular formula is C23H20N2O2S. The SMILES string of the molecule is CC1N(C)C(c2ccc3c(c2)-c2ccccc2S3(=O)=O)=CN1c1ccccc1. The first kappa shape index (κ1) is 17.1. The van der Waals surface area contributed by atoms with Crippen molar-refractivity contribution in [3.63, 3.8) is 0 Å². The van der Waals surface area contributed by atoms with Crippen molar-refractivity contribution in [2.75, 3.05) is 11.9 Å². The molecule has 0 bridgehead atoms. The molecule has 140 valence electrons. The van der Waals surface area contributed by atoms with E-state index in [-0.39, 0.29) is 6.17 Å². The number of anilines is 1. The van der Waals surface area contributed by atoms with Crippen LogP contribution in [0.15, 0.2) is 88.8 Å². The van der Waals surface area contributed by atoms with Gasteiger partial charge in [0, 0.05) is 35.6 Å². The van der Waals surface area contributed by atoms with E-state index < -0.39 is 9.84 Å². The molecule has 0 amide bonds. The minimum absolute atomic E-state index is 0.168. The maximum Gasteiger partial charge on any atom is 0.207 e. The molecule has 2 heterocycles. The highest BCUT2D eigenvalue weighted by molar-refractivity contribution is 7.92. The van der Waals surface area contributed by atoms with Crippen LogP contribution in [-0.4, -0.2) is 26.5 Å². The fourth-order valence-corrected chi connectivity index (χ4v) is 5.73. The van der Waals surface area contributed by atoms with Crippen LogP contribution in [0.2, 0.25) is 0 Å². The van der Waals surface area contributed by atoms with Crippen LogP contribution < -0.4 is 4.90 Å². The summed E-state index contributed by atoms with van der Waals surface area (Å²) in [5.74, 6) is 0. The maximum atomic E-state index is 12.8. The normalized spacial score (nSPS) is 19.4. The molecule has 28 heavy (non-hydrogen) atoms. The van der Waals surface area contributed by atoms with Gasteiger partial charge >= 0.3 is 0 Å². The summed E-state index contributed by atoms with van der Waals surface area (Å²) in [6, 6.07) is 23.1. The van der Waals surface area contributed by atoms with Gasteiger partial charge in [0.1, 0.15) is 6.17 Å². The first-order chi connectivity index (χ1) is 13.5. The van der Waals surface area contributed by atoms with Gasteiger partial charge in [-0.05, 0) is 37.3 Å². The van der Waals surface area contributed by atoms with Crippen molar-refractivity contribution >= 4 is 21.2 Å². The van der Waals surface area contributed by atoms with Gasteiger partial charge in [0.05, 0.1) is 15.5 Å². The van der Waals surface area contributed by atoms with Crippen LogP contribution in [0, 0.1) is 0 Å². The largest absolute Gasteiger partial charge is 0.353 e. The first-order valence-corrected chi connectivity index (χ1v) is 10.7. The topological polar surface area (TPSA) is 40.6 Å². The number of hydrogen-bond acceptors (Lipinski definition) is 4. The highest BCUT2D eigenvalue weighted by Crippen LogP contribution is 2.44. The molecule has 0 fully saturated rings. The Balaban J connectivity index is 1.63. The molecule has 0 saturated heterocycles. The molecule has 0 aromatic heterocycles. The lowest BCUT2D eigenvalue weighted by atomic mass is 10.0. The summed E-state index contributed by atoms with van der Waals surface area (Å²) in [7, 11) is -1.36. The second-order valence-electron chi connectivity index (χ2n) is 7.21. The number of hydrogen-bond donors (Lipinski definition) is 0. The van der Waals surface area contributed by atoms with Crippen molar-refractivity contribution in [2.24, 2.45) is 0 Å². The zero-order valence-electron chi connectivity index (χ0n) is 15.7. The third-order valence-electron chi connectivity index (χ3n) is 5.69. The van der Waals surface area contributed by atoms with Crippen LogP contribution >= 0.6 is 0 Å². The average molecular weight is 388 g/mol. The Morgan fingerprint density at radius 1 is 0.821 bits per heavy atom. The molecule has 0 spiro atoms. The summed E-state index contributed by atoms with van der Waals surface area (Å²) in [6.45, 7) is 2.16. The second-order valence-corrected chi connectivity index (χ2v) is 9.10. The van der Waals surface area contributed by atoms with E-state index in [1.54, 1.807) is 18.2 Å². The van der Waals surface area contributed by atoms with Crippen molar-refractivity contribution in [3.05, 3.63) is 84.6 Å². The van der Waals surface area contributed by atoms with E-state index in [9.17, 15) is 8.42 Å². The number of fused-ring (bicyclic) bond motifs is 3. The molecule has 4 nitrogen and oxygen atoms in total. The lowest BCUT2D eigenvalue weighted by Crippen LogP contribution is -2.34. The molecule has 3 aromatic carbocycles. The lowest BCUT2D eigenvalue weighted by molar-refractivity contribution is 0.399. The number of benzene rings is 3. The van der Waals surface area contributed by atoms with Crippen molar-refractivity contribution in [1.82, 2.24) is 4.90 Å². The molecule has 0 N–H and O–H groups in total. The summed E-state index contributed by atoms with van der Waals surface area (Å²) in [4.78, 5) is 5.24. The van der Waals surface area contributed by atoms with Gasteiger partial charge in [-0.15, -0.1) is 0 Å². The zero-order valence-corrected chi connectivity index (χ0v) is 16.5. The number of para-hydroxylation sites is 1. The Kier molecular flexibility index (Phi) is 3.64. The summed E-state index contributed by atoms with van der Waals surface area (Å²) in [5.41, 5.74) is 4.78. The van der Waals surface area contributed by atoms with Crippen molar-refractivity contribution < 1.29 is 8.42 Å². The molecule has 0 saturated carbocycles. The fraction of sp³-hybridized carbons (Fsp3) is 0.130. The van der Waals surface area contributed by atoms with E-state index >= 15 is 0 Å². The highest BCUT2D eigenvalue weighted by atomic mass is 32.2. The summed E-state index contributed by atoms with van der Waals surface area (Å²) in [5, 5.41) is 0. The van der Waals surface area contributed by atoms with Crippen molar-refractivity contribution in [3.8, 4) is 11.1 Å². The molecular weight excluding hydrogens is 368 g/mol. The molecule has 5 rings (SSSR count). The Morgan fingerprint density at radius 3 is 2.29 bits per heavy atom. The van der Waals surface area contributed by atoms with E-state index in [1.807, 2.05) is 42.5 Å². The van der Waals surface area contributed by atoms with Crippen LogP contribution in [-0.2, 0) is 9.84 Å². The van der Waals surface area contributed by atoms with Gasteiger partial charge in [-0.1, -0.05) is 42.5 Å². The number of nitrogens with zero attached hydrogens (tertiary/aromatic N) is 2. The third kappa shape index (κ3) is 2.33. The molecule has 1 atom stereocenters. The third-order valence-corrected chi connectivity index (χ3v) is 7.56. The predicted octanol–water partition coefficient (Wildman–Crippen LogP) is 4.60. The van der Waals surface area contributed by atoms with Gasteiger partial charge in [-0.25, -0.2) is 8.42 Å². The van der Waals surface area contributed by atoms with E-state index in [0.29, 0.717) is 9.79 Å². The minimum atomic E-state index is -3.43. The van der Waals surface area contributed by atoms with Gasteiger partial charge in [0.25, 0.3) is 0 Å². The van der Waals surface area contributed by atoms with Crippen LogP contribution in [0.3, 0.4) is 0 Å². The Labute approximate surface area is 165 Å².